The molecule has 170 valence electrons. The second-order valence-electron chi connectivity index (χ2n) is 8.49. The van der Waals surface area contributed by atoms with Crippen molar-refractivity contribution in [2.45, 2.75) is 52.7 Å². The van der Waals surface area contributed by atoms with Crippen LogP contribution in [0.4, 0.5) is 16.6 Å². The molecule has 0 bridgehead atoms. The molecular formula is C21H26N6O5. The summed E-state index contributed by atoms with van der Waals surface area (Å²) >= 11 is 0. The fourth-order valence-corrected chi connectivity index (χ4v) is 2.82. The molecule has 3 rings (SSSR count). The summed E-state index contributed by atoms with van der Waals surface area (Å²) < 4.78 is 12.2. The lowest BCUT2D eigenvalue weighted by molar-refractivity contribution is -0.117. The first-order valence-corrected chi connectivity index (χ1v) is 10.0. The van der Waals surface area contributed by atoms with Crippen LogP contribution in [-0.2, 0) is 16.1 Å². The van der Waals surface area contributed by atoms with Gasteiger partial charge in [0, 0.05) is 31.4 Å². The number of hydrogen-bond acceptors (Lipinski definition) is 8. The van der Waals surface area contributed by atoms with Gasteiger partial charge in [0.1, 0.15) is 17.8 Å². The highest BCUT2D eigenvalue weighted by molar-refractivity contribution is 5.91. The number of amides is 2. The van der Waals surface area contributed by atoms with E-state index in [1.165, 1.54) is 30.4 Å². The van der Waals surface area contributed by atoms with Crippen LogP contribution in [0.15, 0.2) is 33.7 Å². The molecule has 0 aliphatic carbocycles. The number of ether oxygens (including phenoxy) is 1. The van der Waals surface area contributed by atoms with E-state index in [1.807, 2.05) is 13.8 Å². The van der Waals surface area contributed by atoms with E-state index in [0.29, 0.717) is 5.69 Å². The Morgan fingerprint density at radius 1 is 1.25 bits per heavy atom. The van der Waals surface area contributed by atoms with E-state index < -0.39 is 23.2 Å². The normalized spacial score (nSPS) is 11.6. The van der Waals surface area contributed by atoms with Crippen molar-refractivity contribution >= 4 is 34.8 Å². The zero-order valence-corrected chi connectivity index (χ0v) is 18.9. The first-order valence-electron chi connectivity index (χ1n) is 10.0. The van der Waals surface area contributed by atoms with Crippen molar-refractivity contribution in [2.75, 3.05) is 17.3 Å². The van der Waals surface area contributed by atoms with Gasteiger partial charge < -0.3 is 9.15 Å². The molecule has 32 heavy (non-hydrogen) atoms. The van der Waals surface area contributed by atoms with Crippen LogP contribution in [0.5, 0.6) is 0 Å². The monoisotopic (exact) mass is 442 g/mol. The molecule has 0 spiro atoms. The van der Waals surface area contributed by atoms with Gasteiger partial charge in [0.2, 0.25) is 17.7 Å². The molecule has 0 atom stereocenters. The fraction of sp³-hybridized carbons (Fsp3) is 0.429. The smallest absolute Gasteiger partial charge is 0.416 e. The van der Waals surface area contributed by atoms with Gasteiger partial charge in [0.15, 0.2) is 5.58 Å². The molecule has 11 nitrogen and oxygen atoms in total. The molecule has 0 unspecified atom stereocenters. The molecule has 0 saturated heterocycles. The molecule has 0 aliphatic rings. The largest absolute Gasteiger partial charge is 0.443 e. The number of hydrogen-bond donors (Lipinski definition) is 1. The minimum absolute atomic E-state index is 0.115. The van der Waals surface area contributed by atoms with Gasteiger partial charge in [-0.2, -0.15) is 5.10 Å². The number of carbonyl (C=O) groups is 2. The summed E-state index contributed by atoms with van der Waals surface area (Å²) in [4.78, 5) is 46.9. The van der Waals surface area contributed by atoms with Crippen molar-refractivity contribution in [3.05, 3.63) is 40.6 Å². The minimum Gasteiger partial charge on any atom is -0.443 e. The quantitative estimate of drug-likeness (QED) is 0.638. The maximum Gasteiger partial charge on any atom is 0.416 e. The molecule has 0 fully saturated rings. The van der Waals surface area contributed by atoms with Gasteiger partial charge in [-0.15, -0.1) is 0 Å². The first kappa shape index (κ1) is 22.9. The van der Waals surface area contributed by atoms with E-state index in [0.717, 1.165) is 4.68 Å². The molecule has 0 aliphatic heterocycles. The Labute approximate surface area is 184 Å². The highest BCUT2D eigenvalue weighted by Crippen LogP contribution is 2.29. The molecule has 0 radical (unpaired) electrons. The van der Waals surface area contributed by atoms with Gasteiger partial charge in [-0.05, 0) is 26.8 Å². The molecule has 3 aromatic heterocycles. The van der Waals surface area contributed by atoms with E-state index in [4.69, 9.17) is 9.15 Å². The zero-order valence-electron chi connectivity index (χ0n) is 18.9. The molecule has 2 amide bonds. The molecule has 0 saturated carbocycles. The maximum absolute atomic E-state index is 13.0. The standard InChI is InChI=1S/C21H26N6O5/c1-12(2)16-17-13(10-15(31-17)26(6)20(30)32-21(3,4)5)18(29)27(25-16)11-14(28)24-19-22-8-7-9-23-19/h7-10,12H,11H2,1-6H3,(H,22,23,24,28). The number of nitrogens with one attached hydrogen (secondary N) is 1. The van der Waals surface area contributed by atoms with Gasteiger partial charge >= 0.3 is 6.09 Å². The number of aromatic nitrogens is 4. The van der Waals surface area contributed by atoms with Gasteiger partial charge in [-0.3, -0.25) is 19.8 Å². The van der Waals surface area contributed by atoms with Crippen LogP contribution in [0.3, 0.4) is 0 Å². The summed E-state index contributed by atoms with van der Waals surface area (Å²) in [5.74, 6) is -0.361. The molecule has 3 aromatic rings. The SMILES string of the molecule is CC(C)c1nn(CC(=O)Nc2ncccn2)c(=O)c2cc(N(C)C(=O)OC(C)(C)C)oc12. The van der Waals surface area contributed by atoms with Crippen LogP contribution in [-0.4, -0.2) is 44.4 Å². The van der Waals surface area contributed by atoms with Crippen molar-refractivity contribution in [1.29, 1.82) is 0 Å². The van der Waals surface area contributed by atoms with Gasteiger partial charge in [-0.1, -0.05) is 13.8 Å². The second kappa shape index (κ2) is 8.77. The van der Waals surface area contributed by atoms with Gasteiger partial charge in [0.05, 0.1) is 5.39 Å². The average Bonchev–Trinajstić information content (AvgIpc) is 3.14. The van der Waals surface area contributed by atoms with Crippen LogP contribution in [0.2, 0.25) is 0 Å². The van der Waals surface area contributed by atoms with E-state index in [2.05, 4.69) is 20.4 Å². The fourth-order valence-electron chi connectivity index (χ4n) is 2.82. The summed E-state index contributed by atoms with van der Waals surface area (Å²) in [7, 11) is 1.49. The Hall–Kier alpha value is -3.76. The number of furan rings is 1. The molecule has 3 heterocycles. The third-order valence-electron chi connectivity index (χ3n) is 4.30. The van der Waals surface area contributed by atoms with Crippen LogP contribution in [0, 0.1) is 0 Å². The van der Waals surface area contributed by atoms with E-state index >= 15 is 0 Å². The molecule has 0 aromatic carbocycles. The van der Waals surface area contributed by atoms with Gasteiger partial charge in [-0.25, -0.2) is 19.4 Å². The topological polar surface area (TPSA) is 132 Å². The molecular weight excluding hydrogens is 416 g/mol. The van der Waals surface area contributed by atoms with E-state index in [1.54, 1.807) is 26.8 Å². The minimum atomic E-state index is -0.690. The highest BCUT2D eigenvalue weighted by Gasteiger charge is 2.25. The summed E-state index contributed by atoms with van der Waals surface area (Å²) in [5, 5.41) is 7.06. The summed E-state index contributed by atoms with van der Waals surface area (Å²) in [6, 6.07) is 3.07. The molecule has 11 heteroatoms. The lowest BCUT2D eigenvalue weighted by atomic mass is 10.1. The van der Waals surface area contributed by atoms with Crippen molar-refractivity contribution in [2.24, 2.45) is 0 Å². The van der Waals surface area contributed by atoms with Crippen LogP contribution < -0.4 is 15.8 Å². The highest BCUT2D eigenvalue weighted by atomic mass is 16.6. The van der Waals surface area contributed by atoms with E-state index in [-0.39, 0.29) is 35.3 Å². The predicted octanol–water partition coefficient (Wildman–Crippen LogP) is 2.91. The Bertz CT molecular complexity index is 1190. The third-order valence-corrected chi connectivity index (χ3v) is 4.30. The number of carbonyl (C=O) groups excluding carboxylic acids is 2. The third kappa shape index (κ3) is 5.10. The summed E-state index contributed by atoms with van der Waals surface area (Å²) in [6.45, 7) is 8.69. The number of nitrogens with zero attached hydrogens (tertiary/aromatic N) is 5. The van der Waals surface area contributed by atoms with Crippen LogP contribution in [0.25, 0.3) is 11.0 Å². The number of rotatable bonds is 5. The average molecular weight is 442 g/mol. The first-order chi connectivity index (χ1) is 15.0. The Morgan fingerprint density at radius 2 is 1.91 bits per heavy atom. The Morgan fingerprint density at radius 3 is 2.50 bits per heavy atom. The number of anilines is 2. The van der Waals surface area contributed by atoms with Crippen molar-refractivity contribution < 1.29 is 18.7 Å². The van der Waals surface area contributed by atoms with E-state index in [9.17, 15) is 14.4 Å². The zero-order chi connectivity index (χ0) is 23.6. The second-order valence-corrected chi connectivity index (χ2v) is 8.49. The van der Waals surface area contributed by atoms with Crippen LogP contribution in [0.1, 0.15) is 46.2 Å². The Kier molecular flexibility index (Phi) is 6.28. The number of fused-ring (bicyclic) bond motifs is 1. The molecule has 1 N–H and O–H groups in total. The lowest BCUT2D eigenvalue weighted by Crippen LogP contribution is -2.33. The van der Waals surface area contributed by atoms with Crippen molar-refractivity contribution in [3.8, 4) is 0 Å². The predicted molar refractivity (Wildman–Crippen MR) is 118 cm³/mol. The van der Waals surface area contributed by atoms with Crippen molar-refractivity contribution in [1.82, 2.24) is 19.7 Å². The van der Waals surface area contributed by atoms with Gasteiger partial charge in [0.25, 0.3) is 5.56 Å². The summed E-state index contributed by atoms with van der Waals surface area (Å²) in [5.41, 5.74) is -0.475. The van der Waals surface area contributed by atoms with Crippen molar-refractivity contribution in [3.63, 3.8) is 0 Å². The summed E-state index contributed by atoms with van der Waals surface area (Å²) in [6.07, 6.45) is 2.35. The lowest BCUT2D eigenvalue weighted by Gasteiger charge is -2.23. The maximum atomic E-state index is 13.0. The van der Waals surface area contributed by atoms with Crippen LogP contribution >= 0.6 is 0 Å². The Balaban J connectivity index is 1.96.